The summed E-state index contributed by atoms with van der Waals surface area (Å²) in [5.74, 6) is 0.332. The normalized spacial score (nSPS) is 25.4. The van der Waals surface area contributed by atoms with E-state index in [1.165, 1.54) is 11.0 Å². The average Bonchev–Trinajstić information content (AvgIpc) is 3.31. The third-order valence-corrected chi connectivity index (χ3v) is 11.5. The van der Waals surface area contributed by atoms with Crippen molar-refractivity contribution in [3.05, 3.63) is 12.7 Å². The van der Waals surface area contributed by atoms with Gasteiger partial charge in [-0.05, 0) is 47.3 Å². The van der Waals surface area contributed by atoms with Crippen molar-refractivity contribution in [1.82, 2.24) is 30.5 Å². The Labute approximate surface area is 288 Å². The van der Waals surface area contributed by atoms with Gasteiger partial charge in [-0.1, -0.05) is 61.5 Å². The minimum absolute atomic E-state index is 0.0538. The number of nitrogens with one attached hydrogen (secondary N) is 4. The second-order valence-corrected chi connectivity index (χ2v) is 17.6. The van der Waals surface area contributed by atoms with E-state index in [-0.39, 0.29) is 48.1 Å². The Kier molecular flexibility index (Phi) is 12.7. The molecule has 2 aliphatic heterocycles. The summed E-state index contributed by atoms with van der Waals surface area (Å²) in [5.41, 5.74) is -1.30. The lowest BCUT2D eigenvalue weighted by Gasteiger charge is -2.39. The van der Waals surface area contributed by atoms with Crippen LogP contribution in [0.5, 0.6) is 0 Å². The number of urea groups is 1. The van der Waals surface area contributed by atoms with Gasteiger partial charge in [0.05, 0.1) is 17.0 Å². The highest BCUT2D eigenvalue weighted by atomic mass is 32.2. The third-order valence-electron chi connectivity index (χ3n) is 9.99. The molecule has 2 unspecified atom stereocenters. The van der Waals surface area contributed by atoms with Crippen LogP contribution in [0.15, 0.2) is 12.7 Å². The summed E-state index contributed by atoms with van der Waals surface area (Å²) in [5, 5.41) is 11.1. The first kappa shape index (κ1) is 39.2. The number of likely N-dealkylation sites (tertiary alicyclic amines) is 1. The maximum atomic E-state index is 14.4. The molecule has 2 heterocycles. The summed E-state index contributed by atoms with van der Waals surface area (Å²) in [6.45, 7) is 20.7. The quantitative estimate of drug-likeness (QED) is 0.132. The van der Waals surface area contributed by atoms with Gasteiger partial charge in [-0.15, -0.1) is 18.9 Å². The van der Waals surface area contributed by atoms with E-state index in [1.807, 2.05) is 59.7 Å². The summed E-state index contributed by atoms with van der Waals surface area (Å²) >= 11 is 0. The SMILES string of the molecule is C#CCCC(NC(=O)[C@@H]1[C@@H]2[C@H](CN1C(=O)[C@@H](NC(=O)N[C@H](CN1CCCCS1=O)C(C)(C)C)C(C)(C)C)C2(C)C)C(=O)C(=O)NCC=C. The van der Waals surface area contributed by atoms with E-state index in [0.29, 0.717) is 25.4 Å². The van der Waals surface area contributed by atoms with Crippen molar-refractivity contribution in [1.29, 1.82) is 0 Å². The van der Waals surface area contributed by atoms with Gasteiger partial charge in [0, 0.05) is 44.4 Å². The largest absolute Gasteiger partial charge is 0.346 e. The molecule has 4 N–H and O–H groups in total. The highest BCUT2D eigenvalue weighted by molar-refractivity contribution is 7.82. The predicted octanol–water partition coefficient (Wildman–Crippen LogP) is 2.13. The third kappa shape index (κ3) is 9.26. The molecule has 0 aromatic rings. The molecule has 2 saturated heterocycles. The summed E-state index contributed by atoms with van der Waals surface area (Å²) in [7, 11) is -1.10. The van der Waals surface area contributed by atoms with Crippen LogP contribution >= 0.6 is 0 Å². The number of nitrogens with zero attached hydrogens (tertiary/aromatic N) is 2. The van der Waals surface area contributed by atoms with Gasteiger partial charge in [0.15, 0.2) is 0 Å². The van der Waals surface area contributed by atoms with Crippen LogP contribution in [-0.4, -0.2) is 99.0 Å². The van der Waals surface area contributed by atoms with Crippen LogP contribution in [0.1, 0.15) is 81.1 Å². The first-order valence-corrected chi connectivity index (χ1v) is 18.2. The minimum Gasteiger partial charge on any atom is -0.346 e. The van der Waals surface area contributed by atoms with Gasteiger partial charge in [-0.2, -0.15) is 0 Å². The Bertz CT molecular complexity index is 1330. The van der Waals surface area contributed by atoms with E-state index in [1.54, 1.807) is 0 Å². The number of piperidine rings is 1. The number of hydrogen-bond donors (Lipinski definition) is 4. The Hall–Kier alpha value is -3.24. The van der Waals surface area contributed by atoms with Crippen LogP contribution in [-0.2, 0) is 30.2 Å². The molecule has 12 nitrogen and oxygen atoms in total. The predicted molar refractivity (Wildman–Crippen MR) is 186 cm³/mol. The summed E-state index contributed by atoms with van der Waals surface area (Å²) < 4.78 is 14.6. The van der Waals surface area contributed by atoms with Gasteiger partial charge in [0.25, 0.3) is 5.91 Å². The van der Waals surface area contributed by atoms with E-state index in [9.17, 15) is 28.2 Å². The molecule has 13 heteroatoms. The molecular weight excluding hydrogens is 632 g/mol. The maximum Gasteiger partial charge on any atom is 0.315 e. The molecule has 0 aromatic carbocycles. The van der Waals surface area contributed by atoms with Crippen LogP contribution in [0.25, 0.3) is 0 Å². The van der Waals surface area contributed by atoms with Crippen molar-refractivity contribution in [2.45, 2.75) is 105 Å². The molecule has 3 fully saturated rings. The Balaban J connectivity index is 1.82. The zero-order valence-corrected chi connectivity index (χ0v) is 30.8. The summed E-state index contributed by atoms with van der Waals surface area (Å²) in [4.78, 5) is 69.0. The molecule has 5 amide bonds. The summed E-state index contributed by atoms with van der Waals surface area (Å²) in [6.07, 6.45) is 8.95. The topological polar surface area (TPSA) is 157 Å². The molecule has 3 rings (SSSR count). The first-order valence-electron chi connectivity index (χ1n) is 16.9. The molecule has 3 aliphatic rings. The van der Waals surface area contributed by atoms with Gasteiger partial charge in [-0.25, -0.2) is 13.3 Å². The standard InChI is InChI=1S/C35H56N6O6S/c1-11-13-16-23(27(42)30(44)36-17-12-2)37-29(43)26-25-22(35(25,9)10)20-41(26)31(45)28(34(6,7)8)39-32(46)38-24(33(3,4)5)21-40-18-14-15-19-48(40)47/h1,12,22-26,28H,2,13-21H2,3-10H3,(H,36,44)(H,37,43)(H2,38,39,46)/t22-,23?,24+,25-,26-,28+,48?/m0/s1. The zero-order chi connectivity index (χ0) is 36.2. The van der Waals surface area contributed by atoms with Crippen molar-refractivity contribution in [2.24, 2.45) is 28.1 Å². The minimum atomic E-state index is -1.16. The number of terminal acetylenes is 1. The van der Waals surface area contributed by atoms with Gasteiger partial charge in [0.2, 0.25) is 17.6 Å². The van der Waals surface area contributed by atoms with Crippen LogP contribution in [0, 0.1) is 40.4 Å². The van der Waals surface area contributed by atoms with Gasteiger partial charge in [0.1, 0.15) is 12.1 Å². The van der Waals surface area contributed by atoms with E-state index >= 15 is 0 Å². The van der Waals surface area contributed by atoms with Crippen molar-refractivity contribution in [3.63, 3.8) is 0 Å². The fourth-order valence-corrected chi connectivity index (χ4v) is 8.14. The average molecular weight is 689 g/mol. The molecule has 48 heavy (non-hydrogen) atoms. The molecular formula is C35H56N6O6S. The molecule has 0 bridgehead atoms. The lowest BCUT2D eigenvalue weighted by molar-refractivity contribution is -0.145. The number of ketones is 1. The smallest absolute Gasteiger partial charge is 0.315 e. The number of Topliss-reactive ketones (excluding diaryl/α,β-unsaturated/α-hetero) is 1. The number of carbonyl (C=O) groups is 5. The fraction of sp³-hybridized carbons (Fsp3) is 0.743. The molecule has 1 aliphatic carbocycles. The Morgan fingerprint density at radius 3 is 2.27 bits per heavy atom. The number of carbonyl (C=O) groups excluding carboxylic acids is 5. The van der Waals surface area contributed by atoms with Crippen molar-refractivity contribution >= 4 is 40.5 Å². The molecule has 0 spiro atoms. The van der Waals surface area contributed by atoms with Crippen molar-refractivity contribution < 1.29 is 28.2 Å². The van der Waals surface area contributed by atoms with Gasteiger partial charge >= 0.3 is 6.03 Å². The molecule has 268 valence electrons. The number of fused-ring (bicyclic) bond motifs is 1. The Morgan fingerprint density at radius 2 is 1.71 bits per heavy atom. The van der Waals surface area contributed by atoms with Crippen molar-refractivity contribution in [2.75, 3.05) is 31.9 Å². The number of amides is 5. The van der Waals surface area contributed by atoms with Crippen LogP contribution in [0.2, 0.25) is 0 Å². The highest BCUT2D eigenvalue weighted by Gasteiger charge is 2.70. The lowest BCUT2D eigenvalue weighted by Crippen LogP contribution is -2.62. The van der Waals surface area contributed by atoms with Gasteiger partial charge < -0.3 is 26.2 Å². The monoisotopic (exact) mass is 688 g/mol. The lowest BCUT2D eigenvalue weighted by atomic mass is 9.85. The summed E-state index contributed by atoms with van der Waals surface area (Å²) in [6, 6.07) is -3.93. The molecule has 0 radical (unpaired) electrons. The van der Waals surface area contributed by atoms with Crippen LogP contribution in [0.3, 0.4) is 0 Å². The molecule has 1 saturated carbocycles. The van der Waals surface area contributed by atoms with E-state index in [0.717, 1.165) is 12.8 Å². The Morgan fingerprint density at radius 1 is 1.04 bits per heavy atom. The molecule has 7 atom stereocenters. The van der Waals surface area contributed by atoms with Crippen LogP contribution < -0.4 is 21.3 Å². The zero-order valence-electron chi connectivity index (χ0n) is 29.9. The maximum absolute atomic E-state index is 14.4. The highest BCUT2D eigenvalue weighted by Crippen LogP contribution is 2.65. The second kappa shape index (κ2) is 15.5. The fourth-order valence-electron chi connectivity index (χ4n) is 6.78. The van der Waals surface area contributed by atoms with E-state index in [2.05, 4.69) is 33.8 Å². The van der Waals surface area contributed by atoms with Gasteiger partial charge in [-0.3, -0.25) is 19.2 Å². The van der Waals surface area contributed by atoms with Crippen molar-refractivity contribution in [3.8, 4) is 12.3 Å². The van der Waals surface area contributed by atoms with Crippen LogP contribution in [0.4, 0.5) is 4.79 Å². The van der Waals surface area contributed by atoms with E-state index in [4.69, 9.17) is 6.42 Å². The number of rotatable bonds is 13. The van der Waals surface area contributed by atoms with E-state index < -0.39 is 64.1 Å². The number of hydrogen-bond acceptors (Lipinski definition) is 6. The first-order chi connectivity index (χ1) is 22.2. The second-order valence-electron chi connectivity index (χ2n) is 16.0. The molecule has 0 aromatic heterocycles.